The van der Waals surface area contributed by atoms with E-state index in [1.54, 1.807) is 23.2 Å². The van der Waals surface area contributed by atoms with Crippen LogP contribution >= 0.6 is 0 Å². The van der Waals surface area contributed by atoms with E-state index in [-0.39, 0.29) is 18.0 Å². The largest absolute Gasteiger partial charge is 0.444 e. The first-order valence-corrected chi connectivity index (χ1v) is 14.1. The highest BCUT2D eigenvalue weighted by Crippen LogP contribution is 2.26. The number of likely N-dealkylation sites (tertiary alicyclic amines) is 1. The van der Waals surface area contributed by atoms with Gasteiger partial charge in [0.1, 0.15) is 5.60 Å². The lowest BCUT2D eigenvalue weighted by molar-refractivity contribution is 0.0199. The number of benzene rings is 2. The number of aromatic nitrogens is 2. The summed E-state index contributed by atoms with van der Waals surface area (Å²) in [4.78, 5) is 36.1. The van der Waals surface area contributed by atoms with E-state index in [1.165, 1.54) is 0 Å². The minimum absolute atomic E-state index is 0.00124. The molecule has 2 aromatic carbocycles. The Balaban J connectivity index is 1.19. The van der Waals surface area contributed by atoms with Gasteiger partial charge in [0.05, 0.1) is 16.9 Å². The number of fused-ring (bicyclic) bond motifs is 1. The Kier molecular flexibility index (Phi) is 8.53. The molecular weight excluding hydrogens is 530 g/mol. The Morgan fingerprint density at radius 2 is 1.79 bits per heavy atom. The van der Waals surface area contributed by atoms with E-state index >= 15 is 0 Å². The molecule has 2 amide bonds. The Morgan fingerprint density at radius 1 is 1.02 bits per heavy atom. The van der Waals surface area contributed by atoms with E-state index in [4.69, 9.17) is 15.6 Å². The summed E-state index contributed by atoms with van der Waals surface area (Å²) in [5, 5.41) is 7.56. The average molecular weight is 568 g/mol. The predicted molar refractivity (Wildman–Crippen MR) is 165 cm³/mol. The first-order valence-electron chi connectivity index (χ1n) is 14.1. The molecule has 1 aliphatic rings. The van der Waals surface area contributed by atoms with Crippen molar-refractivity contribution >= 4 is 34.4 Å². The number of nitrogen functional groups attached to an aromatic ring is 1. The standard InChI is InChI=1S/C32H37N7O3/c1-32(2,3)42-31(41)39-17-14-25(15-18-39)36-30(40)23-9-7-22(8-10-23)27-12-13-28(38-33)29(37-27)35-20-21-6-11-26-24(19-21)5-4-16-34-26/h4-13,16,19,25,38H,14-15,17-18,20,33H2,1-3H3,(H,35,37)(H,36,40). The minimum atomic E-state index is -0.527. The topological polar surface area (TPSA) is 134 Å². The molecule has 5 rings (SSSR count). The molecule has 10 nitrogen and oxygen atoms in total. The molecule has 1 aliphatic heterocycles. The minimum Gasteiger partial charge on any atom is -0.444 e. The molecule has 5 N–H and O–H groups in total. The van der Waals surface area contributed by atoms with Crippen molar-refractivity contribution in [3.05, 3.63) is 84.1 Å². The number of ether oxygens (including phenoxy) is 1. The summed E-state index contributed by atoms with van der Waals surface area (Å²) >= 11 is 0. The Hall–Kier alpha value is -4.70. The molecule has 10 heteroatoms. The van der Waals surface area contributed by atoms with Gasteiger partial charge in [0.2, 0.25) is 0 Å². The third-order valence-corrected chi connectivity index (χ3v) is 7.10. The zero-order valence-electron chi connectivity index (χ0n) is 24.2. The molecule has 1 fully saturated rings. The van der Waals surface area contributed by atoms with Crippen LogP contribution in [0.2, 0.25) is 0 Å². The number of nitrogens with one attached hydrogen (secondary N) is 3. The van der Waals surface area contributed by atoms with Crippen LogP contribution in [0.15, 0.2) is 72.9 Å². The number of nitrogens with zero attached hydrogens (tertiary/aromatic N) is 3. The SMILES string of the molecule is CC(C)(C)OC(=O)N1CCC(NC(=O)c2ccc(-c3ccc(NN)c(NCc4ccc5ncccc5c4)n3)cc2)CC1. The van der Waals surface area contributed by atoms with Gasteiger partial charge in [0, 0.05) is 48.4 Å². The van der Waals surface area contributed by atoms with Crippen LogP contribution in [0, 0.1) is 0 Å². The molecule has 0 spiro atoms. The summed E-state index contributed by atoms with van der Waals surface area (Å²) in [6, 6.07) is 21.2. The number of anilines is 2. The monoisotopic (exact) mass is 567 g/mol. The smallest absolute Gasteiger partial charge is 0.410 e. The third-order valence-electron chi connectivity index (χ3n) is 7.10. The molecule has 0 bridgehead atoms. The molecule has 0 unspecified atom stereocenters. The van der Waals surface area contributed by atoms with Crippen LogP contribution in [-0.2, 0) is 11.3 Å². The van der Waals surface area contributed by atoms with Gasteiger partial charge in [-0.2, -0.15) is 0 Å². The van der Waals surface area contributed by atoms with Crippen LogP contribution in [0.5, 0.6) is 0 Å². The fourth-order valence-electron chi connectivity index (χ4n) is 4.89. The van der Waals surface area contributed by atoms with Crippen LogP contribution < -0.4 is 21.9 Å². The second kappa shape index (κ2) is 12.4. The van der Waals surface area contributed by atoms with Crippen molar-refractivity contribution in [2.45, 2.75) is 51.8 Å². The maximum Gasteiger partial charge on any atom is 0.410 e. The lowest BCUT2D eigenvalue weighted by Crippen LogP contribution is -2.47. The molecule has 0 aliphatic carbocycles. The molecule has 3 heterocycles. The van der Waals surface area contributed by atoms with Gasteiger partial charge in [0.25, 0.3) is 5.91 Å². The van der Waals surface area contributed by atoms with Crippen molar-refractivity contribution in [1.82, 2.24) is 20.2 Å². The number of carbonyl (C=O) groups excluding carboxylic acids is 2. The summed E-state index contributed by atoms with van der Waals surface area (Å²) < 4.78 is 5.46. The molecule has 4 aromatic rings. The maximum absolute atomic E-state index is 12.9. The molecule has 218 valence electrons. The highest BCUT2D eigenvalue weighted by Gasteiger charge is 2.27. The molecule has 1 saturated heterocycles. The van der Waals surface area contributed by atoms with Gasteiger partial charge in [-0.3, -0.25) is 15.6 Å². The average Bonchev–Trinajstić information content (AvgIpc) is 2.99. The highest BCUT2D eigenvalue weighted by atomic mass is 16.6. The van der Waals surface area contributed by atoms with Crippen LogP contribution in [0.1, 0.15) is 49.5 Å². The van der Waals surface area contributed by atoms with E-state index in [0.717, 1.165) is 27.7 Å². The van der Waals surface area contributed by atoms with Crippen molar-refractivity contribution in [3.63, 3.8) is 0 Å². The molecular formula is C32H37N7O3. The highest BCUT2D eigenvalue weighted by molar-refractivity contribution is 5.95. The van der Waals surface area contributed by atoms with E-state index < -0.39 is 5.60 Å². The zero-order valence-corrected chi connectivity index (χ0v) is 24.2. The predicted octanol–water partition coefficient (Wildman–Crippen LogP) is 5.32. The van der Waals surface area contributed by atoms with E-state index in [2.05, 4.69) is 27.1 Å². The van der Waals surface area contributed by atoms with Crippen molar-refractivity contribution < 1.29 is 14.3 Å². The lowest BCUT2D eigenvalue weighted by atomic mass is 10.0. The second-order valence-electron chi connectivity index (χ2n) is 11.4. The number of pyridine rings is 2. The molecule has 0 radical (unpaired) electrons. The quantitative estimate of drug-likeness (QED) is 0.174. The lowest BCUT2D eigenvalue weighted by Gasteiger charge is -2.33. The number of piperidine rings is 1. The third kappa shape index (κ3) is 7.13. The Bertz CT molecular complexity index is 1560. The summed E-state index contributed by atoms with van der Waals surface area (Å²) in [6.45, 7) is 7.22. The van der Waals surface area contributed by atoms with Gasteiger partial charge in [-0.1, -0.05) is 24.3 Å². The summed E-state index contributed by atoms with van der Waals surface area (Å²) in [5.74, 6) is 6.24. The maximum atomic E-state index is 12.9. The summed E-state index contributed by atoms with van der Waals surface area (Å²) in [7, 11) is 0. The number of hydrogen-bond acceptors (Lipinski definition) is 8. The number of carbonyl (C=O) groups is 2. The van der Waals surface area contributed by atoms with Gasteiger partial charge in [-0.15, -0.1) is 0 Å². The first kappa shape index (κ1) is 28.8. The van der Waals surface area contributed by atoms with Crippen molar-refractivity contribution in [2.24, 2.45) is 5.84 Å². The van der Waals surface area contributed by atoms with Crippen LogP contribution in [-0.4, -0.2) is 51.6 Å². The van der Waals surface area contributed by atoms with Gasteiger partial charge >= 0.3 is 6.09 Å². The Labute approximate surface area is 245 Å². The van der Waals surface area contributed by atoms with Gasteiger partial charge in [0.15, 0.2) is 5.82 Å². The van der Waals surface area contributed by atoms with E-state index in [9.17, 15) is 9.59 Å². The fourth-order valence-corrected chi connectivity index (χ4v) is 4.89. The number of hydrazine groups is 1. The fraction of sp³-hybridized carbons (Fsp3) is 0.312. The Morgan fingerprint density at radius 3 is 2.50 bits per heavy atom. The molecule has 2 aromatic heterocycles. The van der Waals surface area contributed by atoms with Crippen molar-refractivity contribution in [2.75, 3.05) is 23.8 Å². The summed E-state index contributed by atoms with van der Waals surface area (Å²) in [6.07, 6.45) is 2.84. The zero-order chi connectivity index (χ0) is 29.7. The van der Waals surface area contributed by atoms with Crippen molar-refractivity contribution in [3.8, 4) is 11.3 Å². The van der Waals surface area contributed by atoms with E-state index in [0.29, 0.717) is 49.5 Å². The van der Waals surface area contributed by atoms with Gasteiger partial charge < -0.3 is 25.7 Å². The molecule has 0 saturated carbocycles. The van der Waals surface area contributed by atoms with Crippen LogP contribution in [0.4, 0.5) is 16.3 Å². The van der Waals surface area contributed by atoms with Crippen LogP contribution in [0.3, 0.4) is 0 Å². The number of amides is 2. The second-order valence-corrected chi connectivity index (χ2v) is 11.4. The van der Waals surface area contributed by atoms with Gasteiger partial charge in [-0.05, 0) is 81.6 Å². The normalized spacial score (nSPS) is 14.0. The number of nitrogens with two attached hydrogens (primary N) is 1. The number of rotatable bonds is 7. The molecule has 0 atom stereocenters. The molecule has 42 heavy (non-hydrogen) atoms. The summed E-state index contributed by atoms with van der Waals surface area (Å²) in [5.41, 5.74) is 7.09. The first-order chi connectivity index (χ1) is 20.2. The van der Waals surface area contributed by atoms with Crippen LogP contribution in [0.25, 0.3) is 22.2 Å². The van der Waals surface area contributed by atoms with E-state index in [1.807, 2.05) is 69.3 Å². The number of hydrogen-bond donors (Lipinski definition) is 4. The van der Waals surface area contributed by atoms with Crippen molar-refractivity contribution in [1.29, 1.82) is 0 Å². The van der Waals surface area contributed by atoms with Gasteiger partial charge in [-0.25, -0.2) is 9.78 Å².